The van der Waals surface area contributed by atoms with Crippen LogP contribution in [0.3, 0.4) is 0 Å². The number of hydrazine groups is 1. The first kappa shape index (κ1) is 17.2. The Kier molecular flexibility index (Phi) is 5.21. The SMILES string of the molecule is NNc1cc(F)c(COc2ccc(O[N+](O)(F)S)cc2)c(F)c1. The van der Waals surface area contributed by atoms with E-state index in [0.717, 1.165) is 12.1 Å². The fourth-order valence-electron chi connectivity index (χ4n) is 1.71. The highest BCUT2D eigenvalue weighted by Crippen LogP contribution is 2.24. The summed E-state index contributed by atoms with van der Waals surface area (Å²) in [4.78, 5) is 4.38. The van der Waals surface area contributed by atoms with Crippen LogP contribution in [0.25, 0.3) is 0 Å². The van der Waals surface area contributed by atoms with Crippen molar-refractivity contribution < 1.29 is 32.5 Å². The molecule has 0 aliphatic heterocycles. The largest absolute Gasteiger partial charge is 0.489 e. The number of nitrogens with one attached hydrogen (secondary N) is 1. The summed E-state index contributed by atoms with van der Waals surface area (Å²) in [5.74, 6) is 3.68. The number of thiol groups is 1. The Morgan fingerprint density at radius 2 is 1.65 bits per heavy atom. The van der Waals surface area contributed by atoms with E-state index in [-0.39, 0.29) is 29.4 Å². The molecule has 0 aliphatic rings. The maximum absolute atomic E-state index is 13.7. The van der Waals surface area contributed by atoms with Crippen LogP contribution in [0, 0.1) is 11.6 Å². The molecule has 0 saturated carbocycles. The number of ether oxygens (including phenoxy) is 1. The number of hydrogen-bond acceptors (Lipinski definition) is 6. The summed E-state index contributed by atoms with van der Waals surface area (Å²) in [6.45, 7) is -0.363. The molecule has 10 heteroatoms. The van der Waals surface area contributed by atoms with Crippen LogP contribution in [-0.4, -0.2) is 9.64 Å². The first-order valence-corrected chi connectivity index (χ1v) is 6.59. The summed E-state index contributed by atoms with van der Waals surface area (Å²) in [5, 5.41) is 8.68. The second kappa shape index (κ2) is 6.96. The van der Waals surface area contributed by atoms with E-state index in [1.165, 1.54) is 24.3 Å². The normalized spacial score (nSPS) is 13.3. The zero-order chi connectivity index (χ0) is 17.0. The summed E-state index contributed by atoms with van der Waals surface area (Å²) >= 11 is 3.10. The van der Waals surface area contributed by atoms with Crippen LogP contribution in [0.15, 0.2) is 36.4 Å². The van der Waals surface area contributed by atoms with E-state index in [1.807, 2.05) is 0 Å². The summed E-state index contributed by atoms with van der Waals surface area (Å²) < 4.78 is 42.9. The Morgan fingerprint density at radius 3 is 2.13 bits per heavy atom. The fraction of sp³-hybridized carbons (Fsp3) is 0.0769. The lowest BCUT2D eigenvalue weighted by molar-refractivity contribution is -1.22. The first-order chi connectivity index (χ1) is 10.8. The number of rotatable bonds is 6. The van der Waals surface area contributed by atoms with Crippen LogP contribution in [0.4, 0.5) is 18.9 Å². The molecule has 124 valence electrons. The summed E-state index contributed by atoms with van der Waals surface area (Å²) in [5.41, 5.74) is 1.96. The molecule has 2 aromatic rings. The molecule has 0 bridgehead atoms. The molecular weight excluding hydrogens is 335 g/mol. The van der Waals surface area contributed by atoms with Crippen LogP contribution in [-0.2, 0) is 6.61 Å². The van der Waals surface area contributed by atoms with Gasteiger partial charge in [-0.25, -0.2) is 13.6 Å². The highest BCUT2D eigenvalue weighted by atomic mass is 32.1. The summed E-state index contributed by atoms with van der Waals surface area (Å²) in [6.07, 6.45) is 0. The molecule has 0 saturated heterocycles. The van der Waals surface area contributed by atoms with Crippen molar-refractivity contribution in [3.05, 3.63) is 53.6 Å². The molecule has 4 N–H and O–H groups in total. The molecule has 23 heavy (non-hydrogen) atoms. The zero-order valence-electron chi connectivity index (χ0n) is 11.5. The minimum Gasteiger partial charge on any atom is -0.489 e. The maximum atomic E-state index is 13.7. The maximum Gasteiger partial charge on any atom is 0.244 e. The fourth-order valence-corrected chi connectivity index (χ4v) is 1.80. The van der Waals surface area contributed by atoms with Crippen molar-refractivity contribution >= 4 is 18.5 Å². The molecule has 1 unspecified atom stereocenters. The molecule has 0 aromatic heterocycles. The van der Waals surface area contributed by atoms with Crippen LogP contribution >= 0.6 is 12.8 Å². The van der Waals surface area contributed by atoms with E-state index in [0.29, 0.717) is 0 Å². The Balaban J connectivity index is 2.04. The van der Waals surface area contributed by atoms with Gasteiger partial charge in [-0.15, -0.1) is 5.21 Å². The minimum atomic E-state index is -2.49. The lowest BCUT2D eigenvalue weighted by Crippen LogP contribution is -2.27. The third-order valence-corrected chi connectivity index (χ3v) is 2.82. The second-order valence-corrected chi connectivity index (χ2v) is 4.88. The number of anilines is 1. The second-order valence-electron chi connectivity index (χ2n) is 4.39. The molecule has 0 fully saturated rings. The van der Waals surface area contributed by atoms with Gasteiger partial charge < -0.3 is 10.2 Å². The molecule has 2 aromatic carbocycles. The van der Waals surface area contributed by atoms with Gasteiger partial charge >= 0.3 is 0 Å². The summed E-state index contributed by atoms with van der Waals surface area (Å²) in [6, 6.07) is 7.36. The summed E-state index contributed by atoms with van der Waals surface area (Å²) in [7, 11) is 0. The predicted molar refractivity (Wildman–Crippen MR) is 77.7 cm³/mol. The van der Waals surface area contributed by atoms with Gasteiger partial charge in [0, 0.05) is 0 Å². The number of benzene rings is 2. The van der Waals surface area contributed by atoms with Crippen molar-refractivity contribution in [2.24, 2.45) is 5.84 Å². The van der Waals surface area contributed by atoms with Gasteiger partial charge in [-0.3, -0.25) is 5.84 Å². The smallest absolute Gasteiger partial charge is 0.244 e. The van der Waals surface area contributed by atoms with Gasteiger partial charge in [0.15, 0.2) is 12.8 Å². The van der Waals surface area contributed by atoms with E-state index in [9.17, 15) is 13.3 Å². The zero-order valence-corrected chi connectivity index (χ0v) is 12.4. The van der Waals surface area contributed by atoms with E-state index in [2.05, 4.69) is 23.1 Å². The minimum absolute atomic E-state index is 0.0342. The lowest BCUT2D eigenvalue weighted by atomic mass is 10.2. The van der Waals surface area contributed by atoms with Gasteiger partial charge in [0.05, 0.1) is 11.3 Å². The van der Waals surface area contributed by atoms with Crippen LogP contribution in [0.5, 0.6) is 11.5 Å². The van der Waals surface area contributed by atoms with E-state index in [1.54, 1.807) is 0 Å². The highest BCUT2D eigenvalue weighted by molar-refractivity contribution is 7.73. The Labute approximate surface area is 134 Å². The number of nitrogen functional groups attached to an aromatic ring is 1. The van der Waals surface area contributed by atoms with Gasteiger partial charge in [-0.2, -0.15) is 0 Å². The van der Waals surface area contributed by atoms with E-state index in [4.69, 9.17) is 15.8 Å². The van der Waals surface area contributed by atoms with Crippen molar-refractivity contribution in [1.29, 1.82) is 0 Å². The molecule has 0 aliphatic carbocycles. The lowest BCUT2D eigenvalue weighted by Gasteiger charge is -2.11. The molecule has 0 amide bonds. The molecular formula is C13H13F3N3O3S+. The van der Waals surface area contributed by atoms with Crippen LogP contribution < -0.4 is 20.8 Å². The quantitative estimate of drug-likeness (QED) is 0.279. The van der Waals surface area contributed by atoms with E-state index < -0.39 is 16.1 Å². The standard InChI is InChI=1S/C13H13F3N3O3S/c14-12-5-8(18-17)6-13(15)11(12)7-21-9-1-3-10(4-2-9)22-19(16,20)23/h1-6,18,20,23H,7,17H2/q+1. The van der Waals surface area contributed by atoms with Crippen molar-refractivity contribution in [2.75, 3.05) is 5.43 Å². The van der Waals surface area contributed by atoms with Gasteiger partial charge in [-0.1, -0.05) is 0 Å². The third-order valence-electron chi connectivity index (χ3n) is 2.74. The number of hydrogen-bond donors (Lipinski definition) is 4. The van der Waals surface area contributed by atoms with Crippen molar-refractivity contribution in [2.45, 2.75) is 6.61 Å². The first-order valence-electron chi connectivity index (χ1n) is 6.19. The van der Waals surface area contributed by atoms with Crippen molar-refractivity contribution in [3.8, 4) is 11.5 Å². The molecule has 6 nitrogen and oxygen atoms in total. The molecule has 0 heterocycles. The Morgan fingerprint density at radius 1 is 1.13 bits per heavy atom. The van der Waals surface area contributed by atoms with Crippen LogP contribution in [0.2, 0.25) is 0 Å². The average Bonchev–Trinajstić information content (AvgIpc) is 2.46. The van der Waals surface area contributed by atoms with Gasteiger partial charge in [0.2, 0.25) is 10.2 Å². The Hall–Kier alpha value is -2.14. The molecule has 2 rings (SSSR count). The number of nitrogens with zero attached hydrogens (tertiary/aromatic N) is 1. The monoisotopic (exact) mass is 348 g/mol. The third kappa shape index (κ3) is 4.93. The topological polar surface area (TPSA) is 76.7 Å². The van der Waals surface area contributed by atoms with Gasteiger partial charge in [0.25, 0.3) is 0 Å². The number of quaternary nitrogens is 1. The molecule has 0 radical (unpaired) electrons. The molecule has 0 spiro atoms. The highest BCUT2D eigenvalue weighted by Gasteiger charge is 2.24. The van der Waals surface area contributed by atoms with Crippen molar-refractivity contribution in [1.82, 2.24) is 0 Å². The molecule has 1 atom stereocenters. The average molecular weight is 348 g/mol. The number of halogens is 3. The van der Waals surface area contributed by atoms with Crippen LogP contribution in [0.1, 0.15) is 5.56 Å². The Bertz CT molecular complexity index is 657. The van der Waals surface area contributed by atoms with Gasteiger partial charge in [-0.05, 0) is 36.4 Å². The van der Waals surface area contributed by atoms with Gasteiger partial charge in [0.1, 0.15) is 28.5 Å². The van der Waals surface area contributed by atoms with E-state index >= 15 is 0 Å². The number of nitrogens with two attached hydrogens (primary N) is 1. The predicted octanol–water partition coefficient (Wildman–Crippen LogP) is 3.06. The van der Waals surface area contributed by atoms with Crippen molar-refractivity contribution in [3.63, 3.8) is 0 Å².